The van der Waals surface area contributed by atoms with E-state index in [0.717, 1.165) is 5.69 Å². The zero-order chi connectivity index (χ0) is 18.8. The van der Waals surface area contributed by atoms with Gasteiger partial charge in [-0.2, -0.15) is 0 Å². The van der Waals surface area contributed by atoms with Crippen LogP contribution in [0.15, 0.2) is 48.0 Å². The fraction of sp³-hybridized carbons (Fsp3) is 0.278. The van der Waals surface area contributed by atoms with E-state index in [-0.39, 0.29) is 18.9 Å². The summed E-state index contributed by atoms with van der Waals surface area (Å²) in [5.74, 6) is 0.0764. The predicted molar refractivity (Wildman–Crippen MR) is 101 cm³/mol. The summed E-state index contributed by atoms with van der Waals surface area (Å²) in [6.07, 6.45) is 3.30. The molecule has 0 atom stereocenters. The SMILES string of the molecule is CCN1C(=O)C(=CC=C2Oc3ccccc3N2CCC(=O)O)N(C)C1=S. The van der Waals surface area contributed by atoms with Gasteiger partial charge in [-0.25, -0.2) is 0 Å². The number of allylic oxidation sites excluding steroid dienone is 2. The minimum atomic E-state index is -0.887. The highest BCUT2D eigenvalue weighted by Gasteiger charge is 2.34. The van der Waals surface area contributed by atoms with Crippen molar-refractivity contribution in [1.82, 2.24) is 9.80 Å². The first-order valence-electron chi connectivity index (χ1n) is 8.21. The van der Waals surface area contributed by atoms with E-state index in [1.807, 2.05) is 31.2 Å². The number of ether oxygens (including phenoxy) is 1. The normalized spacial score (nSPS) is 19.5. The van der Waals surface area contributed by atoms with Crippen LogP contribution < -0.4 is 9.64 Å². The molecule has 3 rings (SSSR count). The second kappa shape index (κ2) is 7.17. The quantitative estimate of drug-likeness (QED) is 0.626. The zero-order valence-corrected chi connectivity index (χ0v) is 15.3. The number of hydrogen-bond acceptors (Lipinski definition) is 5. The number of benzene rings is 1. The van der Waals surface area contributed by atoms with Crippen LogP contribution in [0.2, 0.25) is 0 Å². The minimum Gasteiger partial charge on any atom is -0.481 e. The Hall–Kier alpha value is -2.87. The Labute approximate surface area is 156 Å². The van der Waals surface area contributed by atoms with E-state index < -0.39 is 5.97 Å². The van der Waals surface area contributed by atoms with Gasteiger partial charge in [0.25, 0.3) is 5.91 Å². The number of carboxylic acid groups (broad SMARTS) is 1. The third kappa shape index (κ3) is 3.15. The number of aliphatic carboxylic acids is 1. The molecule has 1 aromatic rings. The van der Waals surface area contributed by atoms with Gasteiger partial charge in [-0.05, 0) is 37.4 Å². The first-order chi connectivity index (χ1) is 12.4. The van der Waals surface area contributed by atoms with Crippen molar-refractivity contribution >= 4 is 34.9 Å². The van der Waals surface area contributed by atoms with Gasteiger partial charge in [0, 0.05) is 26.2 Å². The standard InChI is InChI=1S/C18H19N3O4S/c1-3-20-17(24)13(19(2)18(20)26)8-9-15-21(11-10-16(22)23)12-6-4-5-7-14(12)25-15/h4-9H,3,10-11H2,1-2H3,(H,22,23). The van der Waals surface area contributed by atoms with E-state index in [9.17, 15) is 9.59 Å². The molecule has 0 aliphatic carbocycles. The lowest BCUT2D eigenvalue weighted by Gasteiger charge is -2.17. The van der Waals surface area contributed by atoms with E-state index in [4.69, 9.17) is 22.1 Å². The summed E-state index contributed by atoms with van der Waals surface area (Å²) in [5.41, 5.74) is 1.25. The first kappa shape index (κ1) is 17.9. The average Bonchev–Trinajstić information content (AvgIpc) is 3.06. The van der Waals surface area contributed by atoms with Gasteiger partial charge in [-0.3, -0.25) is 14.5 Å². The molecule has 2 heterocycles. The van der Waals surface area contributed by atoms with Gasteiger partial charge < -0.3 is 19.6 Å². The molecule has 1 aromatic carbocycles. The molecule has 1 saturated heterocycles. The van der Waals surface area contributed by atoms with Crippen molar-refractivity contribution in [1.29, 1.82) is 0 Å². The number of anilines is 1. The van der Waals surface area contributed by atoms with Crippen molar-refractivity contribution in [3.63, 3.8) is 0 Å². The average molecular weight is 373 g/mol. The molecule has 0 saturated carbocycles. The number of fused-ring (bicyclic) bond motifs is 1. The lowest BCUT2D eigenvalue weighted by atomic mass is 10.2. The molecular weight excluding hydrogens is 354 g/mol. The van der Waals surface area contributed by atoms with Crippen LogP contribution in [0.4, 0.5) is 5.69 Å². The summed E-state index contributed by atoms with van der Waals surface area (Å²) in [6, 6.07) is 7.40. The number of thiocarbonyl (C=S) groups is 1. The molecule has 2 aliphatic rings. The maximum atomic E-state index is 12.4. The topological polar surface area (TPSA) is 73.3 Å². The molecule has 8 heteroatoms. The number of nitrogens with zero attached hydrogens (tertiary/aromatic N) is 3. The highest BCUT2D eigenvalue weighted by Crippen LogP contribution is 2.38. The third-order valence-electron chi connectivity index (χ3n) is 4.23. The lowest BCUT2D eigenvalue weighted by molar-refractivity contribution is -0.136. The summed E-state index contributed by atoms with van der Waals surface area (Å²) < 4.78 is 5.84. The maximum absolute atomic E-state index is 12.4. The molecule has 1 amide bonds. The van der Waals surface area contributed by atoms with Gasteiger partial charge in [0.05, 0.1) is 12.1 Å². The van der Waals surface area contributed by atoms with Crippen LogP contribution in [0.5, 0.6) is 5.75 Å². The number of likely N-dealkylation sites (N-methyl/N-ethyl adjacent to an activating group) is 2. The smallest absolute Gasteiger partial charge is 0.305 e. The van der Waals surface area contributed by atoms with Crippen molar-refractivity contribution in [2.75, 3.05) is 25.0 Å². The number of amides is 1. The predicted octanol–water partition coefficient (Wildman–Crippen LogP) is 2.16. The van der Waals surface area contributed by atoms with E-state index in [0.29, 0.717) is 29.0 Å². The van der Waals surface area contributed by atoms with Crippen molar-refractivity contribution in [2.45, 2.75) is 13.3 Å². The summed E-state index contributed by atoms with van der Waals surface area (Å²) in [5, 5.41) is 9.45. The van der Waals surface area contributed by atoms with Crippen LogP contribution in [0.25, 0.3) is 0 Å². The molecule has 0 spiro atoms. The van der Waals surface area contributed by atoms with Gasteiger partial charge in [0.2, 0.25) is 5.88 Å². The second-order valence-corrected chi connectivity index (χ2v) is 6.18. The molecule has 0 radical (unpaired) electrons. The monoisotopic (exact) mass is 373 g/mol. The minimum absolute atomic E-state index is 0.0296. The largest absolute Gasteiger partial charge is 0.481 e. The van der Waals surface area contributed by atoms with Gasteiger partial charge in [-0.1, -0.05) is 12.1 Å². The Balaban J connectivity index is 1.91. The van der Waals surface area contributed by atoms with E-state index in [1.54, 1.807) is 29.0 Å². The highest BCUT2D eigenvalue weighted by molar-refractivity contribution is 7.80. The Morgan fingerprint density at radius 2 is 2.00 bits per heavy atom. The number of para-hydroxylation sites is 2. The van der Waals surface area contributed by atoms with Crippen LogP contribution in [0.1, 0.15) is 13.3 Å². The number of carboxylic acids is 1. The lowest BCUT2D eigenvalue weighted by Crippen LogP contribution is -2.30. The molecule has 1 fully saturated rings. The number of hydrogen-bond donors (Lipinski definition) is 1. The molecule has 0 aromatic heterocycles. The molecule has 2 aliphatic heterocycles. The molecular formula is C18H19N3O4S. The zero-order valence-electron chi connectivity index (χ0n) is 14.5. The van der Waals surface area contributed by atoms with Crippen LogP contribution in [-0.2, 0) is 9.59 Å². The van der Waals surface area contributed by atoms with Crippen LogP contribution >= 0.6 is 12.2 Å². The van der Waals surface area contributed by atoms with Crippen LogP contribution in [-0.4, -0.2) is 52.0 Å². The Morgan fingerprint density at radius 3 is 2.65 bits per heavy atom. The first-order valence-corrected chi connectivity index (χ1v) is 8.62. The number of rotatable bonds is 5. The van der Waals surface area contributed by atoms with Crippen molar-refractivity contribution in [2.24, 2.45) is 0 Å². The molecule has 7 nitrogen and oxygen atoms in total. The fourth-order valence-electron chi connectivity index (χ4n) is 2.88. The Kier molecular flexibility index (Phi) is 4.94. The number of carbonyl (C=O) groups is 2. The maximum Gasteiger partial charge on any atom is 0.305 e. The second-order valence-electron chi connectivity index (χ2n) is 5.81. The van der Waals surface area contributed by atoms with Crippen molar-refractivity contribution in [3.8, 4) is 5.75 Å². The van der Waals surface area contributed by atoms with Gasteiger partial charge in [-0.15, -0.1) is 0 Å². The summed E-state index contributed by atoms with van der Waals surface area (Å²) in [4.78, 5) is 28.4. The van der Waals surface area contributed by atoms with Crippen molar-refractivity contribution < 1.29 is 19.4 Å². The van der Waals surface area contributed by atoms with E-state index in [2.05, 4.69) is 0 Å². The van der Waals surface area contributed by atoms with Gasteiger partial charge in [0.15, 0.2) is 10.9 Å². The van der Waals surface area contributed by atoms with Crippen LogP contribution in [0.3, 0.4) is 0 Å². The van der Waals surface area contributed by atoms with E-state index >= 15 is 0 Å². The molecule has 136 valence electrons. The molecule has 26 heavy (non-hydrogen) atoms. The summed E-state index contributed by atoms with van der Waals surface area (Å²) in [6.45, 7) is 2.64. The fourth-order valence-corrected chi connectivity index (χ4v) is 3.19. The van der Waals surface area contributed by atoms with Gasteiger partial charge in [0.1, 0.15) is 5.70 Å². The molecule has 1 N–H and O–H groups in total. The summed E-state index contributed by atoms with van der Waals surface area (Å²) in [7, 11) is 1.74. The highest BCUT2D eigenvalue weighted by atomic mass is 32.1. The molecule has 0 unspecified atom stereocenters. The van der Waals surface area contributed by atoms with Crippen LogP contribution in [0, 0.1) is 0 Å². The summed E-state index contributed by atoms with van der Waals surface area (Å²) >= 11 is 5.28. The number of carbonyl (C=O) groups excluding carboxylic acids is 1. The molecule has 0 bridgehead atoms. The third-order valence-corrected chi connectivity index (χ3v) is 4.72. The Bertz CT molecular complexity index is 833. The van der Waals surface area contributed by atoms with Crippen molar-refractivity contribution in [3.05, 3.63) is 48.0 Å². The Morgan fingerprint density at radius 1 is 1.27 bits per heavy atom. The van der Waals surface area contributed by atoms with Gasteiger partial charge >= 0.3 is 5.97 Å². The van der Waals surface area contributed by atoms with E-state index in [1.165, 1.54) is 4.90 Å².